The maximum absolute atomic E-state index is 13.1. The Hall–Kier alpha value is -0.610. The molecule has 0 atom stereocenters. The van der Waals surface area contributed by atoms with Crippen LogP contribution in [0.2, 0.25) is 0 Å². The van der Waals surface area contributed by atoms with Gasteiger partial charge in [0, 0.05) is 15.6 Å². The van der Waals surface area contributed by atoms with Gasteiger partial charge < -0.3 is 10.8 Å². The van der Waals surface area contributed by atoms with Crippen LogP contribution in [0.3, 0.4) is 0 Å². The molecular weight excluding hydrogens is 249 g/mol. The van der Waals surface area contributed by atoms with Crippen molar-refractivity contribution in [3.8, 4) is 5.75 Å². The molecule has 3 N–H and O–H groups in total. The van der Waals surface area contributed by atoms with Gasteiger partial charge in [-0.3, -0.25) is 0 Å². The van der Waals surface area contributed by atoms with E-state index in [1.165, 1.54) is 6.07 Å². The molecule has 1 aliphatic rings. The SMILES string of the molecule is NC1(c2c(Br)ccc(F)c2O)CCC1. The maximum atomic E-state index is 13.1. The third-order valence-corrected chi connectivity index (χ3v) is 3.48. The van der Waals surface area contributed by atoms with E-state index in [9.17, 15) is 9.50 Å². The molecule has 0 spiro atoms. The first-order valence-electron chi connectivity index (χ1n) is 4.51. The van der Waals surface area contributed by atoms with E-state index in [1.807, 2.05) is 0 Å². The van der Waals surface area contributed by atoms with Crippen molar-refractivity contribution < 1.29 is 9.50 Å². The van der Waals surface area contributed by atoms with Crippen LogP contribution in [0, 0.1) is 5.82 Å². The molecule has 2 nitrogen and oxygen atoms in total. The minimum Gasteiger partial charge on any atom is -0.505 e. The minimum atomic E-state index is -0.611. The van der Waals surface area contributed by atoms with Crippen LogP contribution in [0.4, 0.5) is 4.39 Å². The van der Waals surface area contributed by atoms with Crippen LogP contribution < -0.4 is 5.73 Å². The first-order valence-corrected chi connectivity index (χ1v) is 5.30. The van der Waals surface area contributed by atoms with Gasteiger partial charge in [0.25, 0.3) is 0 Å². The zero-order chi connectivity index (χ0) is 10.3. The van der Waals surface area contributed by atoms with Crippen LogP contribution in [0.5, 0.6) is 5.75 Å². The fraction of sp³-hybridized carbons (Fsp3) is 0.400. The summed E-state index contributed by atoms with van der Waals surface area (Å²) >= 11 is 3.29. The van der Waals surface area contributed by atoms with Crippen LogP contribution in [0.1, 0.15) is 24.8 Å². The van der Waals surface area contributed by atoms with Crippen molar-refractivity contribution in [1.82, 2.24) is 0 Å². The molecule has 4 heteroatoms. The Kier molecular flexibility index (Phi) is 2.27. The highest BCUT2D eigenvalue weighted by molar-refractivity contribution is 9.10. The molecule has 0 heterocycles. The normalized spacial score (nSPS) is 19.1. The number of phenols is 1. The number of phenolic OH excluding ortho intramolecular Hbond substituents is 1. The summed E-state index contributed by atoms with van der Waals surface area (Å²) in [6, 6.07) is 2.81. The molecule has 1 aromatic carbocycles. The summed E-state index contributed by atoms with van der Waals surface area (Å²) in [6.45, 7) is 0. The first-order chi connectivity index (χ1) is 6.54. The summed E-state index contributed by atoms with van der Waals surface area (Å²) in [6.07, 6.45) is 2.62. The summed E-state index contributed by atoms with van der Waals surface area (Å²) < 4.78 is 13.8. The molecule has 1 fully saturated rings. The number of hydrogen-bond donors (Lipinski definition) is 2. The minimum absolute atomic E-state index is 0.318. The average Bonchev–Trinajstić information content (AvgIpc) is 2.09. The number of rotatable bonds is 1. The lowest BCUT2D eigenvalue weighted by molar-refractivity contribution is 0.241. The molecule has 14 heavy (non-hydrogen) atoms. The Morgan fingerprint density at radius 3 is 2.57 bits per heavy atom. The molecule has 0 amide bonds. The monoisotopic (exact) mass is 259 g/mol. The lowest BCUT2D eigenvalue weighted by atomic mass is 9.72. The largest absolute Gasteiger partial charge is 0.505 e. The lowest BCUT2D eigenvalue weighted by Crippen LogP contribution is -2.43. The van der Waals surface area contributed by atoms with Gasteiger partial charge in [0.15, 0.2) is 11.6 Å². The van der Waals surface area contributed by atoms with Gasteiger partial charge in [0.2, 0.25) is 0 Å². The third kappa shape index (κ3) is 1.33. The van der Waals surface area contributed by atoms with Crippen LogP contribution in [-0.2, 0) is 5.54 Å². The van der Waals surface area contributed by atoms with Crippen molar-refractivity contribution in [2.24, 2.45) is 5.73 Å². The van der Waals surface area contributed by atoms with E-state index in [0.29, 0.717) is 10.0 Å². The Balaban J connectivity index is 2.56. The summed E-state index contributed by atoms with van der Waals surface area (Å²) in [5.41, 5.74) is 5.99. The van der Waals surface area contributed by atoms with E-state index in [1.54, 1.807) is 6.07 Å². The molecule has 2 rings (SSSR count). The second kappa shape index (κ2) is 3.21. The van der Waals surface area contributed by atoms with Gasteiger partial charge in [-0.1, -0.05) is 15.9 Å². The van der Waals surface area contributed by atoms with Gasteiger partial charge in [-0.15, -0.1) is 0 Å². The van der Waals surface area contributed by atoms with E-state index in [0.717, 1.165) is 19.3 Å². The Bertz CT molecular complexity index is 377. The third-order valence-electron chi connectivity index (χ3n) is 2.82. The molecule has 0 unspecified atom stereocenters. The molecule has 0 aromatic heterocycles. The van der Waals surface area contributed by atoms with Crippen LogP contribution in [-0.4, -0.2) is 5.11 Å². The Labute approximate surface area is 90.1 Å². The van der Waals surface area contributed by atoms with Crippen LogP contribution >= 0.6 is 15.9 Å². The highest BCUT2D eigenvalue weighted by Gasteiger charge is 2.38. The molecular formula is C10H11BrFNO. The van der Waals surface area contributed by atoms with Gasteiger partial charge in [-0.2, -0.15) is 0 Å². The zero-order valence-corrected chi connectivity index (χ0v) is 9.14. The summed E-state index contributed by atoms with van der Waals surface area (Å²) in [5.74, 6) is -0.929. The van der Waals surface area contributed by atoms with E-state index < -0.39 is 11.4 Å². The van der Waals surface area contributed by atoms with E-state index >= 15 is 0 Å². The predicted molar refractivity (Wildman–Crippen MR) is 55.5 cm³/mol. The van der Waals surface area contributed by atoms with Crippen molar-refractivity contribution >= 4 is 15.9 Å². The molecule has 1 saturated carbocycles. The molecule has 0 bridgehead atoms. The van der Waals surface area contributed by atoms with Crippen molar-refractivity contribution in [3.05, 3.63) is 28.0 Å². The van der Waals surface area contributed by atoms with Gasteiger partial charge in [-0.25, -0.2) is 4.39 Å². The van der Waals surface area contributed by atoms with Crippen molar-refractivity contribution in [1.29, 1.82) is 0 Å². The number of hydrogen-bond acceptors (Lipinski definition) is 2. The Morgan fingerprint density at radius 2 is 2.07 bits per heavy atom. The number of benzene rings is 1. The van der Waals surface area contributed by atoms with Crippen molar-refractivity contribution in [2.75, 3.05) is 0 Å². The van der Waals surface area contributed by atoms with Gasteiger partial charge in [0.05, 0.1) is 0 Å². The molecule has 0 aliphatic heterocycles. The van der Waals surface area contributed by atoms with Gasteiger partial charge in [0.1, 0.15) is 0 Å². The van der Waals surface area contributed by atoms with E-state index in [-0.39, 0.29) is 5.75 Å². The summed E-state index contributed by atoms with van der Waals surface area (Å²) in [4.78, 5) is 0. The number of aromatic hydroxyl groups is 1. The second-order valence-electron chi connectivity index (χ2n) is 3.76. The van der Waals surface area contributed by atoms with Gasteiger partial charge >= 0.3 is 0 Å². The quantitative estimate of drug-likeness (QED) is 0.815. The summed E-state index contributed by atoms with van der Waals surface area (Å²) in [7, 11) is 0. The topological polar surface area (TPSA) is 46.2 Å². The lowest BCUT2D eigenvalue weighted by Gasteiger charge is -2.39. The van der Waals surface area contributed by atoms with Gasteiger partial charge in [-0.05, 0) is 31.4 Å². The molecule has 0 saturated heterocycles. The smallest absolute Gasteiger partial charge is 0.165 e. The van der Waals surface area contributed by atoms with Crippen molar-refractivity contribution in [3.63, 3.8) is 0 Å². The fourth-order valence-electron chi connectivity index (χ4n) is 1.82. The average molecular weight is 260 g/mol. The first kappa shape index (κ1) is 9.93. The maximum Gasteiger partial charge on any atom is 0.165 e. The molecule has 0 radical (unpaired) electrons. The van der Waals surface area contributed by atoms with E-state index in [4.69, 9.17) is 5.73 Å². The van der Waals surface area contributed by atoms with E-state index in [2.05, 4.69) is 15.9 Å². The highest BCUT2D eigenvalue weighted by atomic mass is 79.9. The number of nitrogens with two attached hydrogens (primary N) is 1. The molecule has 76 valence electrons. The Morgan fingerprint density at radius 1 is 1.43 bits per heavy atom. The molecule has 1 aliphatic carbocycles. The fourth-order valence-corrected chi connectivity index (χ4v) is 2.54. The standard InChI is InChI=1S/C10H11BrFNO/c11-6-2-3-7(12)9(14)8(6)10(13)4-1-5-10/h2-3,14H,1,4-5,13H2. The van der Waals surface area contributed by atoms with Crippen LogP contribution in [0.25, 0.3) is 0 Å². The second-order valence-corrected chi connectivity index (χ2v) is 4.62. The summed E-state index contributed by atoms with van der Waals surface area (Å²) in [5, 5.41) is 9.59. The molecule has 1 aromatic rings. The highest BCUT2D eigenvalue weighted by Crippen LogP contribution is 2.46. The predicted octanol–water partition coefficient (Wildman–Crippen LogP) is 2.63. The van der Waals surface area contributed by atoms with Crippen molar-refractivity contribution in [2.45, 2.75) is 24.8 Å². The number of halogens is 2. The zero-order valence-electron chi connectivity index (χ0n) is 7.56. The van der Waals surface area contributed by atoms with Crippen LogP contribution in [0.15, 0.2) is 16.6 Å².